The van der Waals surface area contributed by atoms with Crippen molar-refractivity contribution in [2.24, 2.45) is 4.99 Å². The van der Waals surface area contributed by atoms with E-state index in [0.717, 1.165) is 48.3 Å². The van der Waals surface area contributed by atoms with Crippen LogP contribution in [0.2, 0.25) is 0 Å². The first-order valence-corrected chi connectivity index (χ1v) is 12.5. The third-order valence-corrected chi connectivity index (χ3v) is 8.27. The maximum Gasteiger partial charge on any atom is 0.306 e. The van der Waals surface area contributed by atoms with E-state index in [9.17, 15) is 14.7 Å². The number of carboxylic acid groups (broad SMARTS) is 1. The van der Waals surface area contributed by atoms with Gasteiger partial charge in [0.05, 0.1) is 17.0 Å². The lowest BCUT2D eigenvalue weighted by atomic mass is 9.97. The van der Waals surface area contributed by atoms with E-state index in [4.69, 9.17) is 4.99 Å². The molecule has 0 radical (unpaired) electrons. The number of aromatic nitrogens is 3. The van der Waals surface area contributed by atoms with Crippen molar-refractivity contribution in [3.63, 3.8) is 0 Å². The monoisotopic (exact) mass is 490 g/mol. The summed E-state index contributed by atoms with van der Waals surface area (Å²) in [5, 5.41) is 21.0. The minimum Gasteiger partial charge on any atom is -0.481 e. The fourth-order valence-electron chi connectivity index (χ4n) is 4.31. The van der Waals surface area contributed by atoms with Crippen molar-refractivity contribution >= 4 is 40.1 Å². The molecule has 172 valence electrons. The molecule has 0 aliphatic carbocycles. The van der Waals surface area contributed by atoms with E-state index >= 15 is 0 Å². The SMILES string of the molecule is CC(=O)c1sccc1-c1ccc(C2=N[C@@H](CC(=O)O)c3nnc(C)n3-c3sc(C)c(C)c32)cc1. The number of carbonyl (C=O) groups excluding carboxylic acids is 1. The number of hydrogen-bond acceptors (Lipinski definition) is 7. The van der Waals surface area contributed by atoms with E-state index in [1.807, 2.05) is 47.2 Å². The van der Waals surface area contributed by atoms with Gasteiger partial charge in [0, 0.05) is 21.6 Å². The lowest BCUT2D eigenvalue weighted by Crippen LogP contribution is -2.10. The maximum atomic E-state index is 12.0. The summed E-state index contributed by atoms with van der Waals surface area (Å²) in [7, 11) is 0. The highest BCUT2D eigenvalue weighted by molar-refractivity contribution is 7.15. The van der Waals surface area contributed by atoms with E-state index in [0.29, 0.717) is 11.6 Å². The fourth-order valence-corrected chi connectivity index (χ4v) is 6.34. The summed E-state index contributed by atoms with van der Waals surface area (Å²) in [5.41, 5.74) is 5.59. The number of thiophene rings is 2. The summed E-state index contributed by atoms with van der Waals surface area (Å²) in [6.07, 6.45) is -0.177. The Hall–Kier alpha value is -3.43. The molecule has 34 heavy (non-hydrogen) atoms. The number of carboxylic acids is 1. The number of ketones is 1. The van der Waals surface area contributed by atoms with Crippen LogP contribution < -0.4 is 0 Å². The Kier molecular flexibility index (Phi) is 5.53. The lowest BCUT2D eigenvalue weighted by Gasteiger charge is -2.11. The number of hydrogen-bond donors (Lipinski definition) is 1. The topological polar surface area (TPSA) is 97.4 Å². The number of benzene rings is 1. The zero-order valence-corrected chi connectivity index (χ0v) is 20.8. The second kappa shape index (κ2) is 8.41. The summed E-state index contributed by atoms with van der Waals surface area (Å²) in [4.78, 5) is 30.5. The second-order valence-electron chi connectivity index (χ2n) is 8.29. The molecule has 7 nitrogen and oxygen atoms in total. The molecule has 1 aliphatic heterocycles. The van der Waals surface area contributed by atoms with Crippen LogP contribution in [0.1, 0.15) is 62.3 Å². The minimum atomic E-state index is -0.942. The van der Waals surface area contributed by atoms with Crippen LogP contribution in [0.5, 0.6) is 0 Å². The molecule has 9 heteroatoms. The number of Topliss-reactive ketones (excluding diaryl/α,β-unsaturated/α-hetero) is 1. The Labute approximate surface area is 204 Å². The zero-order valence-electron chi connectivity index (χ0n) is 19.1. The summed E-state index contributed by atoms with van der Waals surface area (Å²) >= 11 is 3.08. The van der Waals surface area contributed by atoms with Gasteiger partial charge in [0.2, 0.25) is 0 Å². The largest absolute Gasteiger partial charge is 0.481 e. The number of rotatable bonds is 5. The van der Waals surface area contributed by atoms with Crippen LogP contribution in [-0.2, 0) is 4.79 Å². The standard InChI is InChI=1S/C25H22N4O3S2/c1-12-14(3)34-25-21(12)22(26-19(11-20(31)32)24-28-27-15(4)29(24)25)17-7-5-16(6-8-17)18-9-10-33-23(18)13(2)30/h5-10,19H,11H2,1-4H3,(H,31,32)/t19-/m0/s1. The molecule has 1 atom stereocenters. The Bertz CT molecular complexity index is 1470. The molecule has 0 unspecified atom stereocenters. The molecular weight excluding hydrogens is 468 g/mol. The second-order valence-corrected chi connectivity index (χ2v) is 10.4. The quantitative estimate of drug-likeness (QED) is 0.370. The van der Waals surface area contributed by atoms with Crippen LogP contribution in [0.4, 0.5) is 0 Å². The van der Waals surface area contributed by atoms with Crippen molar-refractivity contribution in [2.45, 2.75) is 40.2 Å². The third kappa shape index (κ3) is 3.61. The number of carbonyl (C=O) groups is 2. The van der Waals surface area contributed by atoms with E-state index in [2.05, 4.69) is 24.0 Å². The maximum absolute atomic E-state index is 12.0. The molecule has 1 N–H and O–H groups in total. The third-order valence-electron chi connectivity index (χ3n) is 6.06. The van der Waals surface area contributed by atoms with Gasteiger partial charge in [-0.1, -0.05) is 24.3 Å². The summed E-state index contributed by atoms with van der Waals surface area (Å²) in [6.45, 7) is 7.59. The zero-order chi connectivity index (χ0) is 24.1. The van der Waals surface area contributed by atoms with Crippen LogP contribution in [0.15, 0.2) is 40.7 Å². The van der Waals surface area contributed by atoms with Gasteiger partial charge in [-0.25, -0.2) is 0 Å². The molecule has 0 saturated carbocycles. The molecule has 4 aromatic rings. The molecule has 5 rings (SSSR count). The number of fused-ring (bicyclic) bond motifs is 3. The first-order chi connectivity index (χ1) is 16.3. The van der Waals surface area contributed by atoms with Gasteiger partial charge in [0.15, 0.2) is 11.6 Å². The number of aliphatic carboxylic acids is 1. The highest BCUT2D eigenvalue weighted by atomic mass is 32.1. The van der Waals surface area contributed by atoms with Crippen molar-refractivity contribution in [2.75, 3.05) is 0 Å². The normalized spacial score (nSPS) is 14.8. The van der Waals surface area contributed by atoms with Gasteiger partial charge < -0.3 is 5.11 Å². The molecule has 1 aliphatic rings. The van der Waals surface area contributed by atoms with Gasteiger partial charge in [-0.15, -0.1) is 32.9 Å². The smallest absolute Gasteiger partial charge is 0.306 e. The number of aryl methyl sites for hydroxylation is 2. The highest BCUT2D eigenvalue weighted by Crippen LogP contribution is 2.40. The summed E-state index contributed by atoms with van der Waals surface area (Å²) in [6, 6.07) is 9.26. The van der Waals surface area contributed by atoms with Gasteiger partial charge in [0.25, 0.3) is 0 Å². The first-order valence-electron chi connectivity index (χ1n) is 10.8. The van der Waals surface area contributed by atoms with Crippen molar-refractivity contribution < 1.29 is 14.7 Å². The molecule has 3 aromatic heterocycles. The van der Waals surface area contributed by atoms with Gasteiger partial charge in [0.1, 0.15) is 16.9 Å². The Morgan fingerprint density at radius 3 is 2.44 bits per heavy atom. The van der Waals surface area contributed by atoms with Crippen LogP contribution in [0.25, 0.3) is 16.1 Å². The summed E-state index contributed by atoms with van der Waals surface area (Å²) < 4.78 is 1.95. The van der Waals surface area contributed by atoms with Crippen LogP contribution in [0, 0.1) is 20.8 Å². The number of aliphatic imine (C=N–C) groups is 1. The molecule has 0 saturated heterocycles. The Morgan fingerprint density at radius 1 is 1.06 bits per heavy atom. The fraction of sp³-hybridized carbons (Fsp3) is 0.240. The van der Waals surface area contributed by atoms with Crippen LogP contribution in [0.3, 0.4) is 0 Å². The van der Waals surface area contributed by atoms with E-state index < -0.39 is 12.0 Å². The van der Waals surface area contributed by atoms with E-state index in [1.54, 1.807) is 18.3 Å². The molecular formula is C25H22N4O3S2. The predicted molar refractivity (Wildman–Crippen MR) is 134 cm³/mol. The van der Waals surface area contributed by atoms with Crippen molar-refractivity contribution in [1.29, 1.82) is 0 Å². The van der Waals surface area contributed by atoms with Crippen LogP contribution >= 0.6 is 22.7 Å². The molecule has 0 bridgehead atoms. The van der Waals surface area contributed by atoms with E-state index in [1.165, 1.54) is 11.3 Å². The van der Waals surface area contributed by atoms with Crippen molar-refractivity contribution in [3.05, 3.63) is 73.8 Å². The van der Waals surface area contributed by atoms with Gasteiger partial charge in [-0.3, -0.25) is 19.1 Å². The van der Waals surface area contributed by atoms with Crippen molar-refractivity contribution in [1.82, 2.24) is 14.8 Å². The molecule has 4 heterocycles. The highest BCUT2D eigenvalue weighted by Gasteiger charge is 2.32. The number of nitrogens with zero attached hydrogens (tertiary/aromatic N) is 4. The summed E-state index contributed by atoms with van der Waals surface area (Å²) in [5.74, 6) is 0.349. The predicted octanol–water partition coefficient (Wildman–Crippen LogP) is 5.55. The molecule has 0 spiro atoms. The lowest BCUT2D eigenvalue weighted by molar-refractivity contribution is -0.137. The average molecular weight is 491 g/mol. The van der Waals surface area contributed by atoms with E-state index in [-0.39, 0.29) is 12.2 Å². The molecule has 0 amide bonds. The molecule has 1 aromatic carbocycles. The Morgan fingerprint density at radius 2 is 1.76 bits per heavy atom. The van der Waals surface area contributed by atoms with Crippen molar-refractivity contribution in [3.8, 4) is 16.1 Å². The van der Waals surface area contributed by atoms with Gasteiger partial charge >= 0.3 is 5.97 Å². The van der Waals surface area contributed by atoms with Crippen LogP contribution in [-0.4, -0.2) is 37.3 Å². The van der Waals surface area contributed by atoms with Gasteiger partial charge in [-0.2, -0.15) is 0 Å². The Balaban J connectivity index is 1.68. The van der Waals surface area contributed by atoms with Gasteiger partial charge in [-0.05, 0) is 50.3 Å². The first kappa shape index (κ1) is 22.4. The average Bonchev–Trinajstić information content (AvgIpc) is 3.48. The molecule has 0 fully saturated rings. The minimum absolute atomic E-state index is 0.0474.